The molecule has 1 rings (SSSR count). The Labute approximate surface area is 104 Å². The fraction of sp³-hybridized carbons (Fsp3) is 0.231. The van der Waals surface area contributed by atoms with Crippen molar-refractivity contribution < 1.29 is 24.2 Å². The molecule has 0 amide bonds. The van der Waals surface area contributed by atoms with E-state index in [2.05, 4.69) is 16.6 Å². The van der Waals surface area contributed by atoms with E-state index in [0.29, 0.717) is 16.9 Å². The lowest BCUT2D eigenvalue weighted by molar-refractivity contribution is -0.135. The Balaban J connectivity index is 3.08. The maximum absolute atomic E-state index is 11.3. The zero-order valence-electron chi connectivity index (χ0n) is 10.0. The Hall–Kier alpha value is -2.48. The highest BCUT2D eigenvalue weighted by Gasteiger charge is 2.08. The summed E-state index contributed by atoms with van der Waals surface area (Å²) in [4.78, 5) is 21.7. The fourth-order valence-corrected chi connectivity index (χ4v) is 1.27. The van der Waals surface area contributed by atoms with E-state index in [4.69, 9.17) is 9.84 Å². The van der Waals surface area contributed by atoms with Crippen molar-refractivity contribution in [2.24, 2.45) is 0 Å². The summed E-state index contributed by atoms with van der Waals surface area (Å²) in [5, 5.41) is 8.49. The number of esters is 1. The van der Waals surface area contributed by atoms with E-state index in [0.717, 1.165) is 0 Å². The monoisotopic (exact) mass is 248 g/mol. The van der Waals surface area contributed by atoms with Crippen molar-refractivity contribution in [2.75, 3.05) is 14.2 Å². The number of rotatable bonds is 3. The molecule has 0 heterocycles. The third-order valence-corrected chi connectivity index (χ3v) is 2.08. The summed E-state index contributed by atoms with van der Waals surface area (Å²) in [6.07, 6.45) is -0.272. The van der Waals surface area contributed by atoms with Gasteiger partial charge < -0.3 is 14.6 Å². The first-order valence-electron chi connectivity index (χ1n) is 5.05. The van der Waals surface area contributed by atoms with Crippen molar-refractivity contribution in [3.8, 4) is 17.6 Å². The van der Waals surface area contributed by atoms with Crippen LogP contribution in [-0.4, -0.2) is 31.3 Å². The molecule has 0 unspecified atom stereocenters. The highest BCUT2D eigenvalue weighted by molar-refractivity contribution is 5.90. The normalized spacial score (nSPS) is 9.00. The van der Waals surface area contributed by atoms with Gasteiger partial charge in [0.2, 0.25) is 0 Å². The predicted molar refractivity (Wildman–Crippen MR) is 63.5 cm³/mol. The molecule has 0 saturated carbocycles. The summed E-state index contributed by atoms with van der Waals surface area (Å²) in [6, 6.07) is 4.63. The summed E-state index contributed by atoms with van der Waals surface area (Å²) in [5.41, 5.74) is 0.777. The highest BCUT2D eigenvalue weighted by atomic mass is 16.5. The molecule has 0 aliphatic carbocycles. The van der Waals surface area contributed by atoms with Gasteiger partial charge in [-0.25, -0.2) is 4.79 Å². The summed E-state index contributed by atoms with van der Waals surface area (Å²) in [5.74, 6) is 4.11. The van der Waals surface area contributed by atoms with Crippen LogP contribution in [0, 0.1) is 11.8 Å². The minimum absolute atomic E-state index is 0.272. The molecular weight excluding hydrogens is 236 g/mol. The van der Waals surface area contributed by atoms with Crippen molar-refractivity contribution in [1.29, 1.82) is 0 Å². The average Bonchev–Trinajstić information content (AvgIpc) is 2.37. The standard InChI is InChI=1S/C13H12O5/c1-17-11-7-6-10(13(16)18-2)8-9(11)4-3-5-12(14)15/h6-8H,5H2,1-2H3,(H,14,15). The van der Waals surface area contributed by atoms with Crippen molar-refractivity contribution in [3.63, 3.8) is 0 Å². The zero-order valence-corrected chi connectivity index (χ0v) is 10.0. The van der Waals surface area contributed by atoms with Gasteiger partial charge in [-0.1, -0.05) is 11.8 Å². The number of methoxy groups -OCH3 is 2. The molecule has 94 valence electrons. The summed E-state index contributed by atoms with van der Waals surface area (Å²) >= 11 is 0. The number of carboxylic acids is 1. The van der Waals surface area contributed by atoms with E-state index in [9.17, 15) is 9.59 Å². The van der Waals surface area contributed by atoms with Gasteiger partial charge in [0.25, 0.3) is 0 Å². The SMILES string of the molecule is COC(=O)c1ccc(OC)c(C#CCC(=O)O)c1. The molecule has 0 radical (unpaired) electrons. The molecule has 1 N–H and O–H groups in total. The predicted octanol–water partition coefficient (Wildman–Crippen LogP) is 1.31. The molecule has 0 spiro atoms. The lowest BCUT2D eigenvalue weighted by atomic mass is 10.1. The number of aliphatic carboxylic acids is 1. The zero-order chi connectivity index (χ0) is 13.5. The van der Waals surface area contributed by atoms with Crippen molar-refractivity contribution in [1.82, 2.24) is 0 Å². The average molecular weight is 248 g/mol. The second-order valence-electron chi connectivity index (χ2n) is 3.28. The van der Waals surface area contributed by atoms with Crippen molar-refractivity contribution in [3.05, 3.63) is 29.3 Å². The minimum Gasteiger partial charge on any atom is -0.495 e. The Bertz CT molecular complexity index is 522. The third kappa shape index (κ3) is 3.52. The molecule has 18 heavy (non-hydrogen) atoms. The maximum atomic E-state index is 11.3. The largest absolute Gasteiger partial charge is 0.495 e. The van der Waals surface area contributed by atoms with E-state index >= 15 is 0 Å². The van der Waals surface area contributed by atoms with Crippen LogP contribution >= 0.6 is 0 Å². The topological polar surface area (TPSA) is 72.8 Å². The van der Waals surface area contributed by atoms with Crippen LogP contribution in [0.3, 0.4) is 0 Å². The molecule has 0 aliphatic rings. The second-order valence-corrected chi connectivity index (χ2v) is 3.28. The van der Waals surface area contributed by atoms with Crippen LogP contribution in [0.4, 0.5) is 0 Å². The first-order chi connectivity index (χ1) is 8.58. The van der Waals surface area contributed by atoms with Crippen LogP contribution in [-0.2, 0) is 9.53 Å². The first kappa shape index (κ1) is 13.6. The van der Waals surface area contributed by atoms with Crippen molar-refractivity contribution >= 4 is 11.9 Å². The molecule has 0 aromatic heterocycles. The van der Waals surface area contributed by atoms with Gasteiger partial charge in [0.05, 0.1) is 25.3 Å². The number of carbonyl (C=O) groups is 2. The van der Waals surface area contributed by atoms with E-state index in [1.54, 1.807) is 12.1 Å². The Kier molecular flexibility index (Phi) is 4.76. The van der Waals surface area contributed by atoms with E-state index in [1.807, 2.05) is 0 Å². The van der Waals surface area contributed by atoms with Crippen LogP contribution in [0.2, 0.25) is 0 Å². The first-order valence-corrected chi connectivity index (χ1v) is 5.05. The smallest absolute Gasteiger partial charge is 0.337 e. The van der Waals surface area contributed by atoms with Gasteiger partial charge in [-0.15, -0.1) is 0 Å². The molecular formula is C13H12O5. The minimum atomic E-state index is -1.01. The summed E-state index contributed by atoms with van der Waals surface area (Å²) < 4.78 is 9.65. The van der Waals surface area contributed by atoms with Crippen LogP contribution < -0.4 is 4.74 Å². The van der Waals surface area contributed by atoms with Crippen LogP contribution in [0.25, 0.3) is 0 Å². The molecule has 1 aromatic rings. The number of carbonyl (C=O) groups excluding carboxylic acids is 1. The number of benzene rings is 1. The summed E-state index contributed by atoms with van der Waals surface area (Å²) in [6.45, 7) is 0. The van der Waals surface area contributed by atoms with Gasteiger partial charge in [-0.2, -0.15) is 0 Å². The van der Waals surface area contributed by atoms with Gasteiger partial charge in [0.15, 0.2) is 0 Å². The van der Waals surface area contributed by atoms with Gasteiger partial charge in [-0.05, 0) is 18.2 Å². The molecule has 0 saturated heterocycles. The molecule has 0 fully saturated rings. The van der Waals surface area contributed by atoms with E-state index in [-0.39, 0.29) is 6.42 Å². The molecule has 5 heteroatoms. The molecule has 5 nitrogen and oxygen atoms in total. The lowest BCUT2D eigenvalue weighted by Gasteiger charge is -2.05. The van der Waals surface area contributed by atoms with E-state index < -0.39 is 11.9 Å². The third-order valence-electron chi connectivity index (χ3n) is 2.08. The quantitative estimate of drug-likeness (QED) is 0.645. The van der Waals surface area contributed by atoms with Gasteiger partial charge in [0, 0.05) is 0 Å². The van der Waals surface area contributed by atoms with Crippen LogP contribution in [0.5, 0.6) is 5.75 Å². The second kappa shape index (κ2) is 6.30. The molecule has 1 aromatic carbocycles. The number of hydrogen-bond donors (Lipinski definition) is 1. The highest BCUT2D eigenvalue weighted by Crippen LogP contribution is 2.19. The Morgan fingerprint density at radius 2 is 2.06 bits per heavy atom. The van der Waals surface area contributed by atoms with Crippen LogP contribution in [0.1, 0.15) is 22.3 Å². The number of carboxylic acid groups (broad SMARTS) is 1. The lowest BCUT2D eigenvalue weighted by Crippen LogP contribution is -2.02. The fourth-order valence-electron chi connectivity index (χ4n) is 1.27. The van der Waals surface area contributed by atoms with Crippen LogP contribution in [0.15, 0.2) is 18.2 Å². The molecule has 0 atom stereocenters. The maximum Gasteiger partial charge on any atom is 0.337 e. The van der Waals surface area contributed by atoms with E-state index in [1.165, 1.54) is 20.3 Å². The van der Waals surface area contributed by atoms with Gasteiger partial charge in [0.1, 0.15) is 12.2 Å². The molecule has 0 bridgehead atoms. The Morgan fingerprint density at radius 1 is 1.33 bits per heavy atom. The van der Waals surface area contributed by atoms with Gasteiger partial charge in [-0.3, -0.25) is 4.79 Å². The molecule has 0 aliphatic heterocycles. The number of ether oxygens (including phenoxy) is 2. The van der Waals surface area contributed by atoms with Crippen molar-refractivity contribution in [2.45, 2.75) is 6.42 Å². The number of hydrogen-bond acceptors (Lipinski definition) is 4. The van der Waals surface area contributed by atoms with Gasteiger partial charge >= 0.3 is 11.9 Å². The Morgan fingerprint density at radius 3 is 2.61 bits per heavy atom. The summed E-state index contributed by atoms with van der Waals surface area (Å²) in [7, 11) is 2.75.